The average Bonchev–Trinajstić information content (AvgIpc) is 2.18. The van der Waals surface area contributed by atoms with Crippen molar-refractivity contribution in [2.45, 2.75) is 26.7 Å². The van der Waals surface area contributed by atoms with Gasteiger partial charge in [-0.15, -0.1) is 0 Å². The molecule has 1 rings (SSSR count). The fourth-order valence-electron chi connectivity index (χ4n) is 1.26. The Kier molecular flexibility index (Phi) is 4.47. The fourth-order valence-corrected chi connectivity index (χ4v) is 1.26. The molecule has 0 aliphatic carbocycles. The van der Waals surface area contributed by atoms with Gasteiger partial charge in [0.25, 0.3) is 0 Å². The van der Waals surface area contributed by atoms with E-state index in [1.54, 1.807) is 0 Å². The standard InChI is InChI=1S/C12H18O2/c1-10-5-6-11(2)12(9-10)14-8-4-3-7-13/h5-6,9,13H,3-4,7-8H2,1-2H3. The Hall–Kier alpha value is -1.02. The molecule has 1 N–H and O–H groups in total. The molecule has 0 bridgehead atoms. The summed E-state index contributed by atoms with van der Waals surface area (Å²) in [5, 5.41) is 8.61. The normalized spacial score (nSPS) is 10.2. The molecule has 0 spiro atoms. The van der Waals surface area contributed by atoms with Crippen LogP contribution in [0.15, 0.2) is 18.2 Å². The van der Waals surface area contributed by atoms with Crippen LogP contribution in [0, 0.1) is 13.8 Å². The van der Waals surface area contributed by atoms with Crippen LogP contribution < -0.4 is 4.74 Å². The van der Waals surface area contributed by atoms with Crippen molar-refractivity contribution in [1.29, 1.82) is 0 Å². The number of benzene rings is 1. The third kappa shape index (κ3) is 3.38. The second-order valence-corrected chi connectivity index (χ2v) is 3.55. The van der Waals surface area contributed by atoms with Gasteiger partial charge in [0, 0.05) is 6.61 Å². The number of aliphatic hydroxyl groups is 1. The topological polar surface area (TPSA) is 29.5 Å². The quantitative estimate of drug-likeness (QED) is 0.729. The summed E-state index contributed by atoms with van der Waals surface area (Å²) in [5.74, 6) is 0.961. The highest BCUT2D eigenvalue weighted by Crippen LogP contribution is 2.19. The Morgan fingerprint density at radius 1 is 1.21 bits per heavy atom. The van der Waals surface area contributed by atoms with Crippen LogP contribution in [-0.4, -0.2) is 18.3 Å². The van der Waals surface area contributed by atoms with Crippen LogP contribution in [0.5, 0.6) is 5.75 Å². The predicted octanol–water partition coefficient (Wildman–Crippen LogP) is 2.45. The van der Waals surface area contributed by atoms with E-state index in [2.05, 4.69) is 19.1 Å². The van der Waals surface area contributed by atoms with Crippen molar-refractivity contribution in [1.82, 2.24) is 0 Å². The first-order valence-corrected chi connectivity index (χ1v) is 5.05. The largest absolute Gasteiger partial charge is 0.493 e. The molecule has 0 radical (unpaired) electrons. The first-order valence-electron chi connectivity index (χ1n) is 5.05. The minimum Gasteiger partial charge on any atom is -0.493 e. The Balaban J connectivity index is 2.45. The van der Waals surface area contributed by atoms with Crippen LogP contribution in [0.4, 0.5) is 0 Å². The molecule has 2 nitrogen and oxygen atoms in total. The molecule has 14 heavy (non-hydrogen) atoms. The summed E-state index contributed by atoms with van der Waals surface area (Å²) in [4.78, 5) is 0. The van der Waals surface area contributed by atoms with Gasteiger partial charge in [0.2, 0.25) is 0 Å². The van der Waals surface area contributed by atoms with E-state index in [1.807, 2.05) is 13.0 Å². The van der Waals surface area contributed by atoms with E-state index >= 15 is 0 Å². The average molecular weight is 194 g/mol. The minimum atomic E-state index is 0.246. The monoisotopic (exact) mass is 194 g/mol. The van der Waals surface area contributed by atoms with Crippen molar-refractivity contribution in [2.24, 2.45) is 0 Å². The SMILES string of the molecule is Cc1ccc(C)c(OCCCCO)c1. The minimum absolute atomic E-state index is 0.246. The number of aliphatic hydroxyl groups excluding tert-OH is 1. The maximum Gasteiger partial charge on any atom is 0.122 e. The number of hydrogen-bond acceptors (Lipinski definition) is 2. The van der Waals surface area contributed by atoms with Crippen molar-refractivity contribution in [2.75, 3.05) is 13.2 Å². The van der Waals surface area contributed by atoms with Crippen LogP contribution >= 0.6 is 0 Å². The van der Waals surface area contributed by atoms with Crippen molar-refractivity contribution < 1.29 is 9.84 Å². The first-order chi connectivity index (χ1) is 6.74. The van der Waals surface area contributed by atoms with Crippen LogP contribution in [0.2, 0.25) is 0 Å². The third-order valence-corrected chi connectivity index (χ3v) is 2.15. The summed E-state index contributed by atoms with van der Waals surface area (Å²) in [7, 11) is 0. The van der Waals surface area contributed by atoms with Crippen LogP contribution in [0.3, 0.4) is 0 Å². The van der Waals surface area contributed by atoms with Gasteiger partial charge < -0.3 is 9.84 Å². The first kappa shape index (κ1) is 11.1. The molecule has 0 heterocycles. The summed E-state index contributed by atoms with van der Waals surface area (Å²) < 4.78 is 5.61. The molecule has 0 saturated heterocycles. The highest BCUT2D eigenvalue weighted by molar-refractivity contribution is 5.35. The van der Waals surface area contributed by atoms with Gasteiger partial charge >= 0.3 is 0 Å². The van der Waals surface area contributed by atoms with E-state index in [0.717, 1.165) is 18.6 Å². The molecule has 1 aromatic rings. The lowest BCUT2D eigenvalue weighted by molar-refractivity contribution is 0.252. The highest BCUT2D eigenvalue weighted by Gasteiger charge is 1.98. The maximum atomic E-state index is 8.61. The third-order valence-electron chi connectivity index (χ3n) is 2.15. The smallest absolute Gasteiger partial charge is 0.122 e. The van der Waals surface area contributed by atoms with E-state index in [-0.39, 0.29) is 6.61 Å². The van der Waals surface area contributed by atoms with Crippen LogP contribution in [-0.2, 0) is 0 Å². The zero-order valence-electron chi connectivity index (χ0n) is 8.92. The van der Waals surface area contributed by atoms with E-state index in [1.165, 1.54) is 11.1 Å². The number of aryl methyl sites for hydroxylation is 2. The molecule has 0 aromatic heterocycles. The molecular formula is C12H18O2. The summed E-state index contributed by atoms with van der Waals surface area (Å²) in [6, 6.07) is 6.20. The molecule has 0 atom stereocenters. The lowest BCUT2D eigenvalue weighted by atomic mass is 10.1. The summed E-state index contributed by atoms with van der Waals surface area (Å²) in [5.41, 5.74) is 2.38. The molecule has 0 fully saturated rings. The maximum absolute atomic E-state index is 8.61. The summed E-state index contributed by atoms with van der Waals surface area (Å²) >= 11 is 0. The van der Waals surface area contributed by atoms with Crippen molar-refractivity contribution >= 4 is 0 Å². The van der Waals surface area contributed by atoms with Gasteiger partial charge in [0.05, 0.1) is 6.61 Å². The van der Waals surface area contributed by atoms with E-state index < -0.39 is 0 Å². The van der Waals surface area contributed by atoms with Gasteiger partial charge in [-0.25, -0.2) is 0 Å². The molecule has 0 aliphatic rings. The Labute approximate surface area is 85.5 Å². The zero-order valence-corrected chi connectivity index (χ0v) is 8.92. The van der Waals surface area contributed by atoms with Crippen molar-refractivity contribution in [3.63, 3.8) is 0 Å². The van der Waals surface area contributed by atoms with E-state index in [0.29, 0.717) is 6.61 Å². The van der Waals surface area contributed by atoms with Crippen LogP contribution in [0.25, 0.3) is 0 Å². The Morgan fingerprint density at radius 3 is 2.71 bits per heavy atom. The predicted molar refractivity (Wildman–Crippen MR) is 57.7 cm³/mol. The molecule has 2 heteroatoms. The molecule has 0 unspecified atom stereocenters. The van der Waals surface area contributed by atoms with Crippen LogP contribution in [0.1, 0.15) is 24.0 Å². The highest BCUT2D eigenvalue weighted by atomic mass is 16.5. The summed E-state index contributed by atoms with van der Waals surface area (Å²) in [6.07, 6.45) is 1.72. The second-order valence-electron chi connectivity index (χ2n) is 3.55. The molecule has 1 aromatic carbocycles. The number of unbranched alkanes of at least 4 members (excludes halogenated alkanes) is 1. The van der Waals surface area contributed by atoms with Gasteiger partial charge in [0.1, 0.15) is 5.75 Å². The lowest BCUT2D eigenvalue weighted by Gasteiger charge is -2.09. The summed E-state index contributed by atoms with van der Waals surface area (Å²) in [6.45, 7) is 5.03. The van der Waals surface area contributed by atoms with Crippen molar-refractivity contribution in [3.8, 4) is 5.75 Å². The van der Waals surface area contributed by atoms with E-state index in [9.17, 15) is 0 Å². The van der Waals surface area contributed by atoms with Gasteiger partial charge in [-0.1, -0.05) is 12.1 Å². The van der Waals surface area contributed by atoms with Gasteiger partial charge in [-0.3, -0.25) is 0 Å². The molecular weight excluding hydrogens is 176 g/mol. The number of ether oxygens (including phenoxy) is 1. The van der Waals surface area contributed by atoms with Gasteiger partial charge in [-0.05, 0) is 43.9 Å². The van der Waals surface area contributed by atoms with Gasteiger partial charge in [-0.2, -0.15) is 0 Å². The molecule has 0 amide bonds. The van der Waals surface area contributed by atoms with Crippen molar-refractivity contribution in [3.05, 3.63) is 29.3 Å². The zero-order chi connectivity index (χ0) is 10.4. The Morgan fingerprint density at radius 2 is 2.00 bits per heavy atom. The van der Waals surface area contributed by atoms with Gasteiger partial charge in [0.15, 0.2) is 0 Å². The lowest BCUT2D eigenvalue weighted by Crippen LogP contribution is -2.00. The molecule has 0 aliphatic heterocycles. The second kappa shape index (κ2) is 5.66. The molecule has 0 saturated carbocycles. The fraction of sp³-hybridized carbons (Fsp3) is 0.500. The van der Waals surface area contributed by atoms with E-state index in [4.69, 9.17) is 9.84 Å². The molecule has 78 valence electrons. The Bertz CT molecular complexity index is 282. The number of rotatable bonds is 5. The number of hydrogen-bond donors (Lipinski definition) is 1.